The summed E-state index contributed by atoms with van der Waals surface area (Å²) in [4.78, 5) is 12.4. The predicted octanol–water partition coefficient (Wildman–Crippen LogP) is 4.16. The van der Waals surface area contributed by atoms with Crippen molar-refractivity contribution in [2.24, 2.45) is 0 Å². The van der Waals surface area contributed by atoms with Gasteiger partial charge < -0.3 is 9.84 Å². The number of carbonyl (C=O) groups is 1. The molecule has 106 valence electrons. The second kappa shape index (κ2) is 4.74. The number of hydrogen-bond acceptors (Lipinski definition) is 3. The van der Waals surface area contributed by atoms with E-state index in [9.17, 15) is 9.90 Å². The molecule has 0 amide bonds. The zero-order chi connectivity index (χ0) is 15.1. The SMILES string of the molecule is O=C1/C(=C\c2cccc3ccccc23)Oc2cc(O)ccc21. The van der Waals surface area contributed by atoms with Crippen LogP contribution in [0.5, 0.6) is 11.5 Å². The van der Waals surface area contributed by atoms with Crippen molar-refractivity contribution in [3.63, 3.8) is 0 Å². The Morgan fingerprint density at radius 3 is 2.68 bits per heavy atom. The summed E-state index contributed by atoms with van der Waals surface area (Å²) in [6.45, 7) is 0. The number of benzene rings is 3. The predicted molar refractivity (Wildman–Crippen MR) is 85.0 cm³/mol. The molecule has 0 aromatic heterocycles. The van der Waals surface area contributed by atoms with Crippen molar-refractivity contribution in [1.82, 2.24) is 0 Å². The summed E-state index contributed by atoms with van der Waals surface area (Å²) in [6.07, 6.45) is 1.75. The molecule has 0 unspecified atom stereocenters. The average Bonchev–Trinajstić information content (AvgIpc) is 2.83. The first-order chi connectivity index (χ1) is 10.7. The van der Waals surface area contributed by atoms with Crippen LogP contribution < -0.4 is 4.74 Å². The number of phenols is 1. The molecule has 3 heteroatoms. The molecule has 0 spiro atoms. The maximum atomic E-state index is 12.4. The van der Waals surface area contributed by atoms with E-state index in [0.29, 0.717) is 11.3 Å². The summed E-state index contributed by atoms with van der Waals surface area (Å²) >= 11 is 0. The smallest absolute Gasteiger partial charge is 0.231 e. The van der Waals surface area contributed by atoms with Crippen LogP contribution in [0.1, 0.15) is 15.9 Å². The summed E-state index contributed by atoms with van der Waals surface area (Å²) < 4.78 is 5.60. The van der Waals surface area contributed by atoms with Crippen LogP contribution in [0.2, 0.25) is 0 Å². The van der Waals surface area contributed by atoms with Crippen LogP contribution in [0.25, 0.3) is 16.8 Å². The summed E-state index contributed by atoms with van der Waals surface area (Å²) in [7, 11) is 0. The highest BCUT2D eigenvalue weighted by Gasteiger charge is 2.27. The lowest BCUT2D eigenvalue weighted by atomic mass is 10.0. The number of rotatable bonds is 1. The van der Waals surface area contributed by atoms with Gasteiger partial charge in [-0.1, -0.05) is 42.5 Å². The molecule has 1 heterocycles. The van der Waals surface area contributed by atoms with Gasteiger partial charge in [-0.25, -0.2) is 0 Å². The van der Waals surface area contributed by atoms with Crippen LogP contribution in [0, 0.1) is 0 Å². The Labute approximate surface area is 127 Å². The van der Waals surface area contributed by atoms with E-state index in [1.54, 1.807) is 12.1 Å². The number of Topliss-reactive ketones (excluding diaryl/α,β-unsaturated/α-hetero) is 1. The van der Waals surface area contributed by atoms with Crippen molar-refractivity contribution in [2.45, 2.75) is 0 Å². The van der Waals surface area contributed by atoms with Crippen LogP contribution in [0.3, 0.4) is 0 Å². The lowest BCUT2D eigenvalue weighted by Crippen LogP contribution is -1.98. The molecule has 1 aliphatic heterocycles. The third kappa shape index (κ3) is 1.95. The van der Waals surface area contributed by atoms with Crippen molar-refractivity contribution in [3.8, 4) is 11.5 Å². The number of hydrogen-bond donors (Lipinski definition) is 1. The Bertz CT molecular complexity index is 933. The minimum absolute atomic E-state index is 0.0814. The Morgan fingerprint density at radius 1 is 0.955 bits per heavy atom. The van der Waals surface area contributed by atoms with Crippen LogP contribution in [0.4, 0.5) is 0 Å². The zero-order valence-electron chi connectivity index (χ0n) is 11.6. The summed E-state index contributed by atoms with van der Waals surface area (Å²) in [6, 6.07) is 18.4. The van der Waals surface area contributed by atoms with Gasteiger partial charge in [-0.15, -0.1) is 0 Å². The molecule has 1 N–H and O–H groups in total. The molecule has 0 saturated heterocycles. The molecule has 0 fully saturated rings. The molecular weight excluding hydrogens is 276 g/mol. The molecule has 3 aromatic carbocycles. The van der Waals surface area contributed by atoms with E-state index < -0.39 is 0 Å². The number of ketones is 1. The maximum Gasteiger partial charge on any atom is 0.231 e. The Balaban J connectivity index is 1.82. The number of aromatic hydroxyl groups is 1. The van der Waals surface area contributed by atoms with Gasteiger partial charge in [0.25, 0.3) is 0 Å². The summed E-state index contributed by atoms with van der Waals surface area (Å²) in [5.74, 6) is 0.592. The number of fused-ring (bicyclic) bond motifs is 2. The molecular formula is C19H12O3. The molecule has 4 rings (SSSR count). The van der Waals surface area contributed by atoms with Gasteiger partial charge >= 0.3 is 0 Å². The van der Waals surface area contributed by atoms with Crippen LogP contribution in [0.15, 0.2) is 66.4 Å². The topological polar surface area (TPSA) is 46.5 Å². The highest BCUT2D eigenvalue weighted by Crippen LogP contribution is 2.35. The average molecular weight is 288 g/mol. The monoisotopic (exact) mass is 288 g/mol. The molecule has 0 bridgehead atoms. The molecule has 0 radical (unpaired) electrons. The van der Waals surface area contributed by atoms with E-state index in [0.717, 1.165) is 16.3 Å². The fourth-order valence-corrected chi connectivity index (χ4v) is 2.69. The van der Waals surface area contributed by atoms with Gasteiger partial charge in [0.2, 0.25) is 5.78 Å². The summed E-state index contributed by atoms with van der Waals surface area (Å²) in [5, 5.41) is 11.7. The molecule has 3 aromatic rings. The van der Waals surface area contributed by atoms with Gasteiger partial charge in [0.05, 0.1) is 5.56 Å². The van der Waals surface area contributed by atoms with E-state index >= 15 is 0 Å². The normalized spacial score (nSPS) is 15.1. The second-order valence-electron chi connectivity index (χ2n) is 5.19. The first-order valence-electron chi connectivity index (χ1n) is 6.97. The lowest BCUT2D eigenvalue weighted by Gasteiger charge is -2.03. The van der Waals surface area contributed by atoms with Gasteiger partial charge in [-0.05, 0) is 34.5 Å². The van der Waals surface area contributed by atoms with E-state index in [4.69, 9.17) is 4.74 Å². The van der Waals surface area contributed by atoms with Crippen molar-refractivity contribution < 1.29 is 14.6 Å². The van der Waals surface area contributed by atoms with Gasteiger partial charge in [-0.3, -0.25) is 4.79 Å². The maximum absolute atomic E-state index is 12.4. The highest BCUT2D eigenvalue weighted by atomic mass is 16.5. The van der Waals surface area contributed by atoms with Gasteiger partial charge in [0.1, 0.15) is 11.5 Å². The quantitative estimate of drug-likeness (QED) is 0.684. The van der Waals surface area contributed by atoms with Crippen molar-refractivity contribution in [1.29, 1.82) is 0 Å². The first-order valence-corrected chi connectivity index (χ1v) is 6.97. The van der Waals surface area contributed by atoms with Crippen LogP contribution >= 0.6 is 0 Å². The highest BCUT2D eigenvalue weighted by molar-refractivity contribution is 6.15. The number of phenolic OH excluding ortho intramolecular Hbond substituents is 1. The minimum Gasteiger partial charge on any atom is -0.508 e. The van der Waals surface area contributed by atoms with Crippen LogP contribution in [-0.4, -0.2) is 10.9 Å². The number of carbonyl (C=O) groups excluding carboxylic acids is 1. The van der Waals surface area contributed by atoms with Gasteiger partial charge in [0.15, 0.2) is 5.76 Å². The molecule has 0 atom stereocenters. The Kier molecular flexibility index (Phi) is 2.73. The fraction of sp³-hybridized carbons (Fsp3) is 0. The van der Waals surface area contributed by atoms with Crippen molar-refractivity contribution >= 4 is 22.6 Å². The molecule has 3 nitrogen and oxygen atoms in total. The fourth-order valence-electron chi connectivity index (χ4n) is 2.69. The molecule has 0 saturated carbocycles. The Morgan fingerprint density at radius 2 is 1.77 bits per heavy atom. The van der Waals surface area contributed by atoms with E-state index in [1.165, 1.54) is 12.1 Å². The van der Waals surface area contributed by atoms with Gasteiger partial charge in [-0.2, -0.15) is 0 Å². The van der Waals surface area contributed by atoms with E-state index in [2.05, 4.69) is 0 Å². The molecule has 1 aliphatic rings. The van der Waals surface area contributed by atoms with Gasteiger partial charge in [0, 0.05) is 6.07 Å². The summed E-state index contributed by atoms with van der Waals surface area (Å²) in [5.41, 5.74) is 1.41. The minimum atomic E-state index is -0.164. The third-order valence-corrected chi connectivity index (χ3v) is 3.76. The Hall–Kier alpha value is -3.07. The van der Waals surface area contributed by atoms with E-state index in [-0.39, 0.29) is 17.3 Å². The van der Waals surface area contributed by atoms with Crippen LogP contribution in [-0.2, 0) is 0 Å². The third-order valence-electron chi connectivity index (χ3n) is 3.76. The number of ether oxygens (including phenoxy) is 1. The molecule has 22 heavy (non-hydrogen) atoms. The zero-order valence-corrected chi connectivity index (χ0v) is 11.6. The lowest BCUT2D eigenvalue weighted by molar-refractivity contribution is 0.101. The van der Waals surface area contributed by atoms with Crippen molar-refractivity contribution in [2.75, 3.05) is 0 Å². The first kappa shape index (κ1) is 12.7. The van der Waals surface area contributed by atoms with Crippen molar-refractivity contribution in [3.05, 3.63) is 77.5 Å². The second-order valence-corrected chi connectivity index (χ2v) is 5.19. The number of allylic oxidation sites excluding steroid dienone is 1. The molecule has 0 aliphatic carbocycles. The largest absolute Gasteiger partial charge is 0.508 e. The standard InChI is InChI=1S/C19H12O3/c20-14-8-9-16-17(11-14)22-18(19(16)21)10-13-6-3-5-12-4-1-2-7-15(12)13/h1-11,20H/b18-10+. The van der Waals surface area contributed by atoms with E-state index in [1.807, 2.05) is 42.5 Å².